The highest BCUT2D eigenvalue weighted by atomic mass is 16.4. The summed E-state index contributed by atoms with van der Waals surface area (Å²) in [5.74, 6) is -0.478. The van der Waals surface area contributed by atoms with Crippen molar-refractivity contribution in [2.75, 3.05) is 52.4 Å². The van der Waals surface area contributed by atoms with E-state index in [1.54, 1.807) is 0 Å². The van der Waals surface area contributed by atoms with E-state index in [0.717, 1.165) is 58.8 Å². The Kier molecular flexibility index (Phi) is 4.97. The first-order chi connectivity index (χ1) is 8.70. The molecule has 2 aliphatic heterocycles. The molecule has 0 radical (unpaired) electrons. The molecule has 2 heterocycles. The van der Waals surface area contributed by atoms with Gasteiger partial charge in [0.2, 0.25) is 0 Å². The van der Waals surface area contributed by atoms with Crippen molar-refractivity contribution >= 4 is 5.97 Å². The molecule has 2 atom stereocenters. The molecule has 2 N–H and O–H groups in total. The summed E-state index contributed by atoms with van der Waals surface area (Å²) in [5.41, 5.74) is 0. The molecule has 0 amide bonds. The molecule has 2 saturated heterocycles. The molecule has 0 aromatic rings. The van der Waals surface area contributed by atoms with Crippen LogP contribution in [0.15, 0.2) is 0 Å². The van der Waals surface area contributed by atoms with Gasteiger partial charge >= 0.3 is 5.97 Å². The molecular weight excluding hydrogens is 230 g/mol. The number of rotatable bonds is 5. The van der Waals surface area contributed by atoms with E-state index >= 15 is 0 Å². The van der Waals surface area contributed by atoms with Crippen molar-refractivity contribution in [2.45, 2.75) is 13.3 Å². The summed E-state index contributed by atoms with van der Waals surface area (Å²) in [6.45, 7) is 9.86. The maximum absolute atomic E-state index is 11.5. The Hall–Kier alpha value is -0.650. The highest BCUT2D eigenvalue weighted by Gasteiger charge is 2.34. The second-order valence-corrected chi connectivity index (χ2v) is 5.44. The van der Waals surface area contributed by atoms with Crippen LogP contribution in [0.25, 0.3) is 0 Å². The number of carboxylic acids is 1. The number of likely N-dealkylation sites (tertiary alicyclic amines) is 1. The third kappa shape index (κ3) is 3.43. The molecule has 2 aliphatic rings. The van der Waals surface area contributed by atoms with Gasteiger partial charge in [0.15, 0.2) is 0 Å². The van der Waals surface area contributed by atoms with Crippen LogP contribution in [0, 0.1) is 11.8 Å². The summed E-state index contributed by atoms with van der Waals surface area (Å²) < 4.78 is 0. The van der Waals surface area contributed by atoms with Gasteiger partial charge in [-0.3, -0.25) is 9.69 Å². The molecule has 2 rings (SSSR count). The minimum absolute atomic E-state index is 0.195. The van der Waals surface area contributed by atoms with Crippen LogP contribution in [0.5, 0.6) is 0 Å². The van der Waals surface area contributed by atoms with Crippen LogP contribution in [0.4, 0.5) is 0 Å². The molecule has 18 heavy (non-hydrogen) atoms. The first kappa shape index (κ1) is 13.8. The lowest BCUT2D eigenvalue weighted by Crippen LogP contribution is -2.47. The zero-order valence-corrected chi connectivity index (χ0v) is 11.3. The number of nitrogens with zero attached hydrogens (tertiary/aromatic N) is 2. The number of carbonyl (C=O) groups is 1. The minimum atomic E-state index is -0.614. The molecule has 0 aromatic heterocycles. The Morgan fingerprint density at radius 3 is 2.61 bits per heavy atom. The Morgan fingerprint density at radius 1 is 1.33 bits per heavy atom. The minimum Gasteiger partial charge on any atom is -0.481 e. The van der Waals surface area contributed by atoms with E-state index in [4.69, 9.17) is 0 Å². The van der Waals surface area contributed by atoms with Gasteiger partial charge in [0.05, 0.1) is 5.92 Å². The zero-order chi connectivity index (χ0) is 13.0. The zero-order valence-electron chi connectivity index (χ0n) is 11.3. The SMILES string of the molecule is CCN1CCC(C(CN2CCNCC2)C(=O)O)C1. The first-order valence-corrected chi connectivity index (χ1v) is 7.09. The molecule has 0 bridgehead atoms. The predicted molar refractivity (Wildman–Crippen MR) is 70.7 cm³/mol. The van der Waals surface area contributed by atoms with Crippen molar-refractivity contribution in [2.24, 2.45) is 11.8 Å². The predicted octanol–water partition coefficient (Wildman–Crippen LogP) is -0.0658. The van der Waals surface area contributed by atoms with Gasteiger partial charge in [0, 0.05) is 39.3 Å². The molecule has 104 valence electrons. The maximum Gasteiger partial charge on any atom is 0.308 e. The summed E-state index contributed by atoms with van der Waals surface area (Å²) in [4.78, 5) is 16.1. The Balaban J connectivity index is 1.89. The fourth-order valence-corrected chi connectivity index (χ4v) is 3.08. The summed E-state index contributed by atoms with van der Waals surface area (Å²) >= 11 is 0. The normalized spacial score (nSPS) is 28.4. The van der Waals surface area contributed by atoms with E-state index in [0.29, 0.717) is 5.92 Å². The summed E-state index contributed by atoms with van der Waals surface area (Å²) in [6, 6.07) is 0. The van der Waals surface area contributed by atoms with Crippen LogP contribution >= 0.6 is 0 Å². The largest absolute Gasteiger partial charge is 0.481 e. The summed E-state index contributed by atoms with van der Waals surface area (Å²) in [6.07, 6.45) is 1.04. The number of piperazine rings is 1. The van der Waals surface area contributed by atoms with Gasteiger partial charge in [-0.2, -0.15) is 0 Å². The van der Waals surface area contributed by atoms with Crippen LogP contribution < -0.4 is 5.32 Å². The topological polar surface area (TPSA) is 55.8 Å². The smallest absolute Gasteiger partial charge is 0.308 e. The fraction of sp³-hybridized carbons (Fsp3) is 0.923. The molecule has 0 saturated carbocycles. The van der Waals surface area contributed by atoms with E-state index < -0.39 is 5.97 Å². The lowest BCUT2D eigenvalue weighted by molar-refractivity contribution is -0.144. The van der Waals surface area contributed by atoms with Crippen molar-refractivity contribution in [1.29, 1.82) is 0 Å². The number of aliphatic carboxylic acids is 1. The van der Waals surface area contributed by atoms with Gasteiger partial charge in [0.1, 0.15) is 0 Å². The average Bonchev–Trinajstić information content (AvgIpc) is 2.85. The van der Waals surface area contributed by atoms with Gasteiger partial charge in [0.25, 0.3) is 0 Å². The van der Waals surface area contributed by atoms with Crippen molar-refractivity contribution in [3.05, 3.63) is 0 Å². The highest BCUT2D eigenvalue weighted by Crippen LogP contribution is 2.25. The first-order valence-electron chi connectivity index (χ1n) is 7.09. The second kappa shape index (κ2) is 6.50. The monoisotopic (exact) mass is 255 g/mol. The summed E-state index contributed by atoms with van der Waals surface area (Å²) in [7, 11) is 0. The fourth-order valence-electron chi connectivity index (χ4n) is 3.08. The van der Waals surface area contributed by atoms with Gasteiger partial charge in [-0.05, 0) is 25.4 Å². The number of hydrogen-bond acceptors (Lipinski definition) is 4. The van der Waals surface area contributed by atoms with Crippen molar-refractivity contribution in [3.63, 3.8) is 0 Å². The third-order valence-corrected chi connectivity index (χ3v) is 4.31. The number of carboxylic acid groups (broad SMARTS) is 1. The van der Waals surface area contributed by atoms with Crippen molar-refractivity contribution in [3.8, 4) is 0 Å². The Labute approximate surface area is 109 Å². The third-order valence-electron chi connectivity index (χ3n) is 4.31. The lowest BCUT2D eigenvalue weighted by atomic mass is 9.91. The standard InChI is InChI=1S/C13H25N3O2/c1-2-15-6-3-11(9-15)12(13(17)18)10-16-7-4-14-5-8-16/h11-12,14H,2-10H2,1H3,(H,17,18). The van der Waals surface area contributed by atoms with E-state index in [-0.39, 0.29) is 5.92 Å². The summed E-state index contributed by atoms with van der Waals surface area (Å²) in [5, 5.41) is 12.8. The van der Waals surface area contributed by atoms with Crippen molar-refractivity contribution in [1.82, 2.24) is 15.1 Å². The van der Waals surface area contributed by atoms with Crippen LogP contribution in [-0.2, 0) is 4.79 Å². The quantitative estimate of drug-likeness (QED) is 0.720. The van der Waals surface area contributed by atoms with Crippen LogP contribution in [0.3, 0.4) is 0 Å². The highest BCUT2D eigenvalue weighted by molar-refractivity contribution is 5.70. The molecular formula is C13H25N3O2. The van der Waals surface area contributed by atoms with E-state index in [9.17, 15) is 9.90 Å². The molecule has 0 aromatic carbocycles. The van der Waals surface area contributed by atoms with E-state index in [1.165, 1.54) is 0 Å². The Bertz CT molecular complexity index is 279. The van der Waals surface area contributed by atoms with Gasteiger partial charge in [-0.1, -0.05) is 6.92 Å². The molecule has 2 unspecified atom stereocenters. The van der Waals surface area contributed by atoms with Crippen LogP contribution in [0.2, 0.25) is 0 Å². The molecule has 5 heteroatoms. The Morgan fingerprint density at radius 2 is 2.06 bits per heavy atom. The van der Waals surface area contributed by atoms with E-state index in [1.807, 2.05) is 0 Å². The van der Waals surface area contributed by atoms with Gasteiger partial charge < -0.3 is 15.3 Å². The average molecular weight is 255 g/mol. The van der Waals surface area contributed by atoms with E-state index in [2.05, 4.69) is 22.0 Å². The molecule has 2 fully saturated rings. The van der Waals surface area contributed by atoms with Gasteiger partial charge in [-0.25, -0.2) is 0 Å². The molecule has 0 aliphatic carbocycles. The number of nitrogens with one attached hydrogen (secondary N) is 1. The molecule has 5 nitrogen and oxygen atoms in total. The second-order valence-electron chi connectivity index (χ2n) is 5.44. The maximum atomic E-state index is 11.5. The van der Waals surface area contributed by atoms with Crippen molar-refractivity contribution < 1.29 is 9.90 Å². The lowest BCUT2D eigenvalue weighted by Gasteiger charge is -2.31. The number of hydrogen-bond donors (Lipinski definition) is 2. The van der Waals surface area contributed by atoms with Crippen LogP contribution in [0.1, 0.15) is 13.3 Å². The molecule has 0 spiro atoms. The van der Waals surface area contributed by atoms with Gasteiger partial charge in [-0.15, -0.1) is 0 Å². The van der Waals surface area contributed by atoms with Crippen LogP contribution in [-0.4, -0.2) is 73.2 Å².